The summed E-state index contributed by atoms with van der Waals surface area (Å²) < 4.78 is 13.2. The highest BCUT2D eigenvalue weighted by molar-refractivity contribution is 7.12. The second kappa shape index (κ2) is 12.1. The van der Waals surface area contributed by atoms with E-state index in [4.69, 9.17) is 26.8 Å². The highest BCUT2D eigenvalue weighted by atomic mass is 35.5. The smallest absolute Gasteiger partial charge is 0.339 e. The summed E-state index contributed by atoms with van der Waals surface area (Å²) in [5.41, 5.74) is 12.2. The van der Waals surface area contributed by atoms with Gasteiger partial charge in [0.2, 0.25) is 0 Å². The molecule has 2 aromatic carbocycles. The van der Waals surface area contributed by atoms with E-state index in [1.165, 1.54) is 11.3 Å². The molecule has 0 amide bonds. The summed E-state index contributed by atoms with van der Waals surface area (Å²) in [7, 11) is 0. The lowest BCUT2D eigenvalue weighted by atomic mass is 10.0. The highest BCUT2D eigenvalue weighted by Crippen LogP contribution is 2.34. The molecular weight excluding hydrogens is 520 g/mol. The Morgan fingerprint density at radius 1 is 1.24 bits per heavy atom. The number of esters is 1. The van der Waals surface area contributed by atoms with Crippen molar-refractivity contribution < 1.29 is 14.3 Å². The second-order valence-electron chi connectivity index (χ2n) is 8.61. The maximum absolute atomic E-state index is 12.5. The van der Waals surface area contributed by atoms with Crippen molar-refractivity contribution in [2.45, 2.75) is 33.9 Å². The van der Waals surface area contributed by atoms with Crippen molar-refractivity contribution in [3.05, 3.63) is 98.9 Å². The van der Waals surface area contributed by atoms with E-state index in [1.54, 1.807) is 24.6 Å². The van der Waals surface area contributed by atoms with Crippen LogP contribution in [0.3, 0.4) is 0 Å². The van der Waals surface area contributed by atoms with E-state index in [0.29, 0.717) is 40.8 Å². The molecule has 0 atom stereocenters. The highest BCUT2D eigenvalue weighted by Gasteiger charge is 2.22. The van der Waals surface area contributed by atoms with Gasteiger partial charge in [0.15, 0.2) is 0 Å². The molecule has 0 saturated heterocycles. The zero-order valence-corrected chi connectivity index (χ0v) is 23.1. The minimum Gasteiger partial charge on any atom is -0.489 e. The maximum atomic E-state index is 12.5. The number of nitrogens with two attached hydrogens (primary N) is 1. The van der Waals surface area contributed by atoms with Crippen LogP contribution in [0.25, 0.3) is 22.5 Å². The minimum atomic E-state index is -0.389. The number of aryl methyl sites for hydroxylation is 1. The van der Waals surface area contributed by atoms with Gasteiger partial charge in [-0.05, 0) is 55.5 Å². The molecule has 0 aliphatic heterocycles. The molecule has 4 aromatic rings. The Hall–Kier alpha value is -3.88. The van der Waals surface area contributed by atoms with E-state index in [1.807, 2.05) is 61.0 Å². The average Bonchev–Trinajstić information content (AvgIpc) is 3.53. The molecule has 2 heterocycles. The molecule has 0 bridgehead atoms. The number of benzene rings is 2. The van der Waals surface area contributed by atoms with Crippen molar-refractivity contribution in [2.24, 2.45) is 5.73 Å². The van der Waals surface area contributed by atoms with E-state index in [9.17, 15) is 4.79 Å². The van der Waals surface area contributed by atoms with Crippen LogP contribution in [0.2, 0.25) is 5.02 Å². The number of rotatable bonds is 10. The zero-order valence-electron chi connectivity index (χ0n) is 21.5. The molecule has 0 saturated carbocycles. The predicted molar refractivity (Wildman–Crippen MR) is 153 cm³/mol. The summed E-state index contributed by atoms with van der Waals surface area (Å²) in [6.07, 6.45) is 3.63. The van der Waals surface area contributed by atoms with Gasteiger partial charge >= 0.3 is 5.97 Å². The first-order chi connectivity index (χ1) is 18.3. The first-order valence-electron chi connectivity index (χ1n) is 12.1. The van der Waals surface area contributed by atoms with Crippen LogP contribution in [0.1, 0.15) is 41.0 Å². The van der Waals surface area contributed by atoms with Crippen molar-refractivity contribution in [1.82, 2.24) is 15.0 Å². The monoisotopic (exact) mass is 548 g/mol. The van der Waals surface area contributed by atoms with Crippen molar-refractivity contribution >= 4 is 40.2 Å². The van der Waals surface area contributed by atoms with Gasteiger partial charge in [0.25, 0.3) is 0 Å². The molecule has 0 fully saturated rings. The first-order valence-corrected chi connectivity index (χ1v) is 13.3. The predicted octanol–water partition coefficient (Wildman–Crippen LogP) is 6.49. The number of nitrogens with zero attached hydrogens (tertiary/aromatic N) is 3. The van der Waals surface area contributed by atoms with Gasteiger partial charge < -0.3 is 15.2 Å². The molecule has 196 valence electrons. The lowest BCUT2D eigenvalue weighted by Crippen LogP contribution is -2.09. The van der Waals surface area contributed by atoms with Crippen molar-refractivity contribution in [2.75, 3.05) is 6.61 Å². The number of allylic oxidation sites excluding steroid dienone is 1. The van der Waals surface area contributed by atoms with E-state index in [2.05, 4.69) is 16.9 Å². The number of carbonyl (C=O) groups excluding carboxylic acids is 1. The van der Waals surface area contributed by atoms with Gasteiger partial charge in [0.05, 0.1) is 29.8 Å². The summed E-state index contributed by atoms with van der Waals surface area (Å²) in [5.74, 6) is 0.326. The van der Waals surface area contributed by atoms with Gasteiger partial charge in [-0.3, -0.25) is 0 Å². The largest absolute Gasteiger partial charge is 0.489 e. The molecule has 0 aliphatic carbocycles. The third-order valence-corrected chi connectivity index (χ3v) is 7.19. The third-order valence-electron chi connectivity index (χ3n) is 5.88. The van der Waals surface area contributed by atoms with Crippen molar-refractivity contribution in [1.29, 1.82) is 0 Å². The van der Waals surface area contributed by atoms with Crippen LogP contribution >= 0.6 is 22.9 Å². The van der Waals surface area contributed by atoms with E-state index >= 15 is 0 Å². The number of thiophene rings is 1. The van der Waals surface area contributed by atoms with Crippen LogP contribution in [0.15, 0.2) is 66.7 Å². The van der Waals surface area contributed by atoms with Crippen LogP contribution in [-0.2, 0) is 22.7 Å². The summed E-state index contributed by atoms with van der Waals surface area (Å²) in [4.78, 5) is 13.2. The lowest BCUT2D eigenvalue weighted by molar-refractivity contribution is -0.136. The standard InChI is InChI=1S/C29H29ClN4O3S/c1-5-24(29(35)36-6-2)28-27(19(4)31)22(17-38-28)16-37-26-13-21(10-7-18(26)3)25-15-34(33-32-25)14-20-8-11-23(30)12-9-20/h5,7-13,15,17H,4,6,14,16,31H2,1-3H3/b24-5+. The fourth-order valence-corrected chi connectivity index (χ4v) is 5.24. The third kappa shape index (κ3) is 6.15. The molecule has 0 unspecified atom stereocenters. The molecule has 0 spiro atoms. The Balaban J connectivity index is 1.53. The van der Waals surface area contributed by atoms with Gasteiger partial charge in [-0.25, -0.2) is 9.48 Å². The molecular formula is C29H29ClN4O3S. The summed E-state index contributed by atoms with van der Waals surface area (Å²) in [6.45, 7) is 10.6. The maximum Gasteiger partial charge on any atom is 0.339 e. The number of ether oxygens (including phenoxy) is 2. The van der Waals surface area contributed by atoms with Crippen molar-refractivity contribution in [3.63, 3.8) is 0 Å². The van der Waals surface area contributed by atoms with Crippen LogP contribution in [0, 0.1) is 6.92 Å². The van der Waals surface area contributed by atoms with Gasteiger partial charge in [0.1, 0.15) is 18.1 Å². The molecule has 2 aromatic heterocycles. The SMILES string of the molecule is C=C(N)c1c(COc2cc(-c3cn(Cc4ccc(Cl)cc4)nn3)ccc2C)csc1/C(=C\C)C(=O)OCC. The molecule has 2 N–H and O–H groups in total. The van der Waals surface area contributed by atoms with E-state index < -0.39 is 0 Å². The van der Waals surface area contributed by atoms with Crippen molar-refractivity contribution in [3.8, 4) is 17.0 Å². The average molecular weight is 549 g/mol. The Morgan fingerprint density at radius 2 is 2.00 bits per heavy atom. The summed E-state index contributed by atoms with van der Waals surface area (Å²) >= 11 is 7.40. The van der Waals surface area contributed by atoms with Gasteiger partial charge in [-0.2, -0.15) is 0 Å². The number of carbonyl (C=O) groups is 1. The van der Waals surface area contributed by atoms with Crippen LogP contribution in [0.4, 0.5) is 0 Å². The fraction of sp³-hybridized carbons (Fsp3) is 0.207. The molecule has 38 heavy (non-hydrogen) atoms. The fourth-order valence-electron chi connectivity index (χ4n) is 3.96. The quantitative estimate of drug-likeness (QED) is 0.180. The van der Waals surface area contributed by atoms with Crippen LogP contribution < -0.4 is 10.5 Å². The van der Waals surface area contributed by atoms with Crippen LogP contribution in [0.5, 0.6) is 5.75 Å². The first kappa shape index (κ1) is 27.2. The van der Waals surface area contributed by atoms with Gasteiger partial charge in [-0.1, -0.05) is 53.7 Å². The number of hydrogen-bond acceptors (Lipinski definition) is 7. The molecule has 0 radical (unpaired) electrons. The Morgan fingerprint density at radius 3 is 2.68 bits per heavy atom. The molecule has 0 aliphatic rings. The normalized spacial score (nSPS) is 11.4. The Kier molecular flexibility index (Phi) is 8.66. The number of hydrogen-bond donors (Lipinski definition) is 1. The van der Waals surface area contributed by atoms with E-state index in [0.717, 1.165) is 32.8 Å². The van der Waals surface area contributed by atoms with Gasteiger partial charge in [-0.15, -0.1) is 16.4 Å². The molecule has 9 heteroatoms. The topological polar surface area (TPSA) is 92.3 Å². The summed E-state index contributed by atoms with van der Waals surface area (Å²) in [6, 6.07) is 13.6. The zero-order chi connectivity index (χ0) is 27.2. The Bertz CT molecular complexity index is 1490. The molecule has 7 nitrogen and oxygen atoms in total. The lowest BCUT2D eigenvalue weighted by Gasteiger charge is -2.13. The molecule has 4 rings (SSSR count). The van der Waals surface area contributed by atoms with Crippen LogP contribution in [-0.4, -0.2) is 27.6 Å². The number of aromatic nitrogens is 3. The second-order valence-corrected chi connectivity index (χ2v) is 9.93. The minimum absolute atomic E-state index is 0.259. The Labute approximate surface area is 231 Å². The summed E-state index contributed by atoms with van der Waals surface area (Å²) in [5, 5.41) is 11.2. The van der Waals surface area contributed by atoms with E-state index in [-0.39, 0.29) is 12.6 Å². The van der Waals surface area contributed by atoms with Gasteiger partial charge in [0, 0.05) is 27.4 Å². The number of halogens is 1.